The molecule has 0 bridgehead atoms. The van der Waals surface area contributed by atoms with Crippen LogP contribution in [0.5, 0.6) is 0 Å². The topological polar surface area (TPSA) is 41.1 Å². The lowest BCUT2D eigenvalue weighted by Gasteiger charge is -2.34. The summed E-state index contributed by atoms with van der Waals surface area (Å²) in [5, 5.41) is 6.43. The quantitative estimate of drug-likeness (QED) is 0.892. The third-order valence-corrected chi connectivity index (χ3v) is 4.02. The molecule has 1 aromatic carbocycles. The zero-order valence-corrected chi connectivity index (χ0v) is 14.3. The normalized spacial score (nSPS) is 19.9. The van der Waals surface area contributed by atoms with Crippen molar-refractivity contribution in [3.05, 3.63) is 35.6 Å². The summed E-state index contributed by atoms with van der Waals surface area (Å²) in [5.41, 5.74) is 0.816. The average Bonchev–Trinajstić information content (AvgIpc) is 2.45. The van der Waals surface area contributed by atoms with Crippen LogP contribution in [-0.2, 0) is 4.79 Å². The second kappa shape index (κ2) is 7.93. The molecule has 1 unspecified atom stereocenters. The fourth-order valence-electron chi connectivity index (χ4n) is 2.79. The lowest BCUT2D eigenvalue weighted by molar-refractivity contribution is -0.127. The minimum absolute atomic E-state index is 0. The van der Waals surface area contributed by atoms with Crippen molar-refractivity contribution < 1.29 is 9.18 Å². The summed E-state index contributed by atoms with van der Waals surface area (Å²) in [4.78, 5) is 12.5. The minimum atomic E-state index is -0.255. The predicted octanol–water partition coefficient (Wildman–Crippen LogP) is 3.45. The smallest absolute Gasteiger partial charge is 0.224 e. The number of nitrogens with one attached hydrogen (secondary N) is 2. The number of hydrogen-bond acceptors (Lipinski definition) is 2. The summed E-state index contributed by atoms with van der Waals surface area (Å²) in [7, 11) is 0. The van der Waals surface area contributed by atoms with Gasteiger partial charge in [0.15, 0.2) is 0 Å². The van der Waals surface area contributed by atoms with Gasteiger partial charge in [-0.05, 0) is 42.5 Å². The van der Waals surface area contributed by atoms with E-state index in [1.165, 1.54) is 12.1 Å². The van der Waals surface area contributed by atoms with Crippen LogP contribution in [0, 0.1) is 17.2 Å². The fourth-order valence-corrected chi connectivity index (χ4v) is 2.79. The summed E-state index contributed by atoms with van der Waals surface area (Å²) in [6.45, 7) is 7.98. The van der Waals surface area contributed by atoms with Gasteiger partial charge >= 0.3 is 0 Å². The van der Waals surface area contributed by atoms with Crippen LogP contribution >= 0.6 is 12.4 Å². The third kappa shape index (κ3) is 4.96. The molecule has 0 radical (unpaired) electrons. The summed E-state index contributed by atoms with van der Waals surface area (Å²) >= 11 is 0. The summed E-state index contributed by atoms with van der Waals surface area (Å²) < 4.78 is 13.1. The van der Waals surface area contributed by atoms with Gasteiger partial charge in [0, 0.05) is 6.54 Å². The highest BCUT2D eigenvalue weighted by Crippen LogP contribution is 2.33. The maximum Gasteiger partial charge on any atom is 0.224 e. The first-order chi connectivity index (χ1) is 9.88. The van der Waals surface area contributed by atoms with E-state index in [9.17, 15) is 9.18 Å². The molecule has 1 saturated heterocycles. The van der Waals surface area contributed by atoms with Crippen LogP contribution < -0.4 is 10.6 Å². The second-order valence-corrected chi connectivity index (χ2v) is 6.90. The number of halogens is 2. The Hall–Kier alpha value is -1.13. The van der Waals surface area contributed by atoms with Gasteiger partial charge in [-0.3, -0.25) is 4.79 Å². The highest BCUT2D eigenvalue weighted by molar-refractivity contribution is 5.85. The number of carbonyl (C=O) groups is 1. The van der Waals surface area contributed by atoms with Crippen LogP contribution in [-0.4, -0.2) is 19.0 Å². The van der Waals surface area contributed by atoms with E-state index in [-0.39, 0.29) is 41.5 Å². The van der Waals surface area contributed by atoms with Crippen molar-refractivity contribution in [3.8, 4) is 0 Å². The largest absolute Gasteiger partial charge is 0.348 e. The molecule has 0 spiro atoms. The molecular weight excluding hydrogens is 303 g/mol. The van der Waals surface area contributed by atoms with Gasteiger partial charge in [-0.15, -0.1) is 12.4 Å². The maximum atomic E-state index is 13.1. The Labute approximate surface area is 138 Å². The maximum absolute atomic E-state index is 13.1. The first-order valence-electron chi connectivity index (χ1n) is 7.64. The number of benzene rings is 1. The van der Waals surface area contributed by atoms with Crippen molar-refractivity contribution >= 4 is 18.3 Å². The minimum Gasteiger partial charge on any atom is -0.348 e. The van der Waals surface area contributed by atoms with Crippen LogP contribution in [0.1, 0.15) is 45.2 Å². The lowest BCUT2D eigenvalue weighted by atomic mass is 9.82. The Balaban J connectivity index is 0.00000242. The molecule has 1 heterocycles. The zero-order valence-electron chi connectivity index (χ0n) is 13.5. The SMILES string of the molecule is CC(C)(C)C(NC(=O)[C@@H]1CCCNC1)c1ccc(F)cc1.Cl. The standard InChI is InChI=1S/C17H25FN2O.ClH/c1-17(2,3)15(12-6-8-14(18)9-7-12)20-16(21)13-5-4-10-19-11-13;/h6-9,13,15,19H,4-5,10-11H2,1-3H3,(H,20,21);1H/t13-,15?;/m1./s1. The van der Waals surface area contributed by atoms with Crippen molar-refractivity contribution in [1.82, 2.24) is 10.6 Å². The molecule has 0 aliphatic carbocycles. The van der Waals surface area contributed by atoms with Crippen molar-refractivity contribution in [2.24, 2.45) is 11.3 Å². The summed E-state index contributed by atoms with van der Waals surface area (Å²) in [6.07, 6.45) is 1.97. The average molecular weight is 329 g/mol. The van der Waals surface area contributed by atoms with E-state index in [4.69, 9.17) is 0 Å². The Morgan fingerprint density at radius 1 is 1.32 bits per heavy atom. The fraction of sp³-hybridized carbons (Fsp3) is 0.588. The van der Waals surface area contributed by atoms with Gasteiger partial charge in [-0.25, -0.2) is 4.39 Å². The first-order valence-corrected chi connectivity index (χ1v) is 7.64. The molecule has 2 N–H and O–H groups in total. The molecule has 1 fully saturated rings. The molecule has 1 aliphatic rings. The number of amides is 1. The molecular formula is C17H26ClFN2O. The highest BCUT2D eigenvalue weighted by Gasteiger charge is 2.30. The Morgan fingerprint density at radius 3 is 2.45 bits per heavy atom. The van der Waals surface area contributed by atoms with Gasteiger partial charge in [0.1, 0.15) is 5.82 Å². The molecule has 1 amide bonds. The van der Waals surface area contributed by atoms with Crippen molar-refractivity contribution in [2.75, 3.05) is 13.1 Å². The van der Waals surface area contributed by atoms with Crippen molar-refractivity contribution in [3.63, 3.8) is 0 Å². The molecule has 1 aromatic rings. The van der Waals surface area contributed by atoms with Gasteiger partial charge < -0.3 is 10.6 Å². The third-order valence-electron chi connectivity index (χ3n) is 4.02. The van der Waals surface area contributed by atoms with Crippen molar-refractivity contribution in [1.29, 1.82) is 0 Å². The Bertz CT molecular complexity index is 478. The van der Waals surface area contributed by atoms with Crippen LogP contribution in [0.4, 0.5) is 4.39 Å². The highest BCUT2D eigenvalue weighted by atomic mass is 35.5. The van der Waals surface area contributed by atoms with E-state index in [1.807, 2.05) is 0 Å². The molecule has 1 aliphatic heterocycles. The van der Waals surface area contributed by atoms with E-state index in [0.29, 0.717) is 0 Å². The van der Waals surface area contributed by atoms with Gasteiger partial charge in [-0.2, -0.15) is 0 Å². The molecule has 0 aromatic heterocycles. The van der Waals surface area contributed by atoms with Gasteiger partial charge in [0.05, 0.1) is 12.0 Å². The van der Waals surface area contributed by atoms with Gasteiger partial charge in [-0.1, -0.05) is 32.9 Å². The molecule has 5 heteroatoms. The van der Waals surface area contributed by atoms with E-state index in [0.717, 1.165) is 31.5 Å². The molecule has 3 nitrogen and oxygen atoms in total. The van der Waals surface area contributed by atoms with Gasteiger partial charge in [0.25, 0.3) is 0 Å². The van der Waals surface area contributed by atoms with E-state index >= 15 is 0 Å². The van der Waals surface area contributed by atoms with E-state index in [2.05, 4.69) is 31.4 Å². The number of piperidine rings is 1. The lowest BCUT2D eigenvalue weighted by Crippen LogP contribution is -2.44. The van der Waals surface area contributed by atoms with E-state index in [1.54, 1.807) is 12.1 Å². The molecule has 2 atom stereocenters. The second-order valence-electron chi connectivity index (χ2n) is 6.90. The number of rotatable bonds is 3. The van der Waals surface area contributed by atoms with Crippen LogP contribution in [0.25, 0.3) is 0 Å². The van der Waals surface area contributed by atoms with Gasteiger partial charge in [0.2, 0.25) is 5.91 Å². The number of hydrogen-bond donors (Lipinski definition) is 2. The predicted molar refractivity (Wildman–Crippen MR) is 89.6 cm³/mol. The molecule has 2 rings (SSSR count). The number of carbonyl (C=O) groups excluding carboxylic acids is 1. The Morgan fingerprint density at radius 2 is 1.95 bits per heavy atom. The first kappa shape index (κ1) is 18.9. The summed E-state index contributed by atoms with van der Waals surface area (Å²) in [6, 6.07) is 6.28. The van der Waals surface area contributed by atoms with Crippen LogP contribution in [0.2, 0.25) is 0 Å². The zero-order chi connectivity index (χ0) is 15.5. The van der Waals surface area contributed by atoms with Crippen LogP contribution in [0.15, 0.2) is 24.3 Å². The van der Waals surface area contributed by atoms with Crippen molar-refractivity contribution in [2.45, 2.75) is 39.7 Å². The Kier molecular flexibility index (Phi) is 6.82. The molecule has 124 valence electrons. The summed E-state index contributed by atoms with van der Waals surface area (Å²) in [5.74, 6) is -0.135. The molecule has 0 saturated carbocycles. The monoisotopic (exact) mass is 328 g/mol. The van der Waals surface area contributed by atoms with E-state index < -0.39 is 0 Å². The van der Waals surface area contributed by atoms with Crippen LogP contribution in [0.3, 0.4) is 0 Å². The molecule has 22 heavy (non-hydrogen) atoms.